The summed E-state index contributed by atoms with van der Waals surface area (Å²) in [5.41, 5.74) is 0. The van der Waals surface area contributed by atoms with Gasteiger partial charge in [-0.2, -0.15) is 0 Å². The van der Waals surface area contributed by atoms with E-state index >= 15 is 0 Å². The van der Waals surface area contributed by atoms with Gasteiger partial charge < -0.3 is 10.4 Å². The average Bonchev–Trinajstić information content (AvgIpc) is 2.39. The lowest BCUT2D eigenvalue weighted by atomic mass is 9.78. The Morgan fingerprint density at radius 2 is 1.95 bits per heavy atom. The molecule has 0 heterocycles. The smallest absolute Gasteiger partial charge is 0.320 e. The molecule has 0 aromatic heterocycles. The van der Waals surface area contributed by atoms with Crippen molar-refractivity contribution >= 4 is 24.3 Å². The van der Waals surface area contributed by atoms with Gasteiger partial charge in [-0.3, -0.25) is 14.9 Å². The SMILES string of the molecule is CCCC(NCC(=O)NC1CCCC(C)C1C)C(=O)O.Cl. The normalized spacial score (nSPS) is 26.5. The summed E-state index contributed by atoms with van der Waals surface area (Å²) in [4.78, 5) is 22.9. The highest BCUT2D eigenvalue weighted by Gasteiger charge is 2.28. The molecule has 1 aliphatic carbocycles. The lowest BCUT2D eigenvalue weighted by Gasteiger charge is -2.34. The van der Waals surface area contributed by atoms with Crippen LogP contribution < -0.4 is 10.6 Å². The molecule has 0 aromatic carbocycles. The fraction of sp³-hybridized carbons (Fsp3) is 0.867. The lowest BCUT2D eigenvalue weighted by molar-refractivity contribution is -0.139. The topological polar surface area (TPSA) is 78.4 Å². The molecule has 1 aliphatic rings. The zero-order chi connectivity index (χ0) is 15.1. The highest BCUT2D eigenvalue weighted by Crippen LogP contribution is 2.29. The van der Waals surface area contributed by atoms with Gasteiger partial charge in [-0.05, 0) is 24.7 Å². The van der Waals surface area contributed by atoms with Crippen molar-refractivity contribution in [3.63, 3.8) is 0 Å². The van der Waals surface area contributed by atoms with Crippen LogP contribution in [0.5, 0.6) is 0 Å². The minimum Gasteiger partial charge on any atom is -0.480 e. The van der Waals surface area contributed by atoms with Gasteiger partial charge in [0.1, 0.15) is 6.04 Å². The number of carboxylic acids is 1. The van der Waals surface area contributed by atoms with Crippen molar-refractivity contribution in [2.45, 2.75) is 65.0 Å². The number of hydrogen-bond donors (Lipinski definition) is 3. The Morgan fingerprint density at radius 1 is 1.29 bits per heavy atom. The molecule has 1 amide bonds. The number of carboxylic acid groups (broad SMARTS) is 1. The van der Waals surface area contributed by atoms with Crippen molar-refractivity contribution in [3.05, 3.63) is 0 Å². The van der Waals surface area contributed by atoms with Crippen molar-refractivity contribution in [1.29, 1.82) is 0 Å². The first kappa shape index (κ1) is 20.2. The van der Waals surface area contributed by atoms with Gasteiger partial charge in [0.05, 0.1) is 6.54 Å². The molecule has 21 heavy (non-hydrogen) atoms. The second-order valence-electron chi connectivity index (χ2n) is 6.00. The predicted octanol–water partition coefficient (Wildman–Crippen LogP) is 2.19. The summed E-state index contributed by atoms with van der Waals surface area (Å²) in [7, 11) is 0. The van der Waals surface area contributed by atoms with E-state index in [0.29, 0.717) is 18.3 Å². The fourth-order valence-corrected chi connectivity index (χ4v) is 2.86. The number of rotatable bonds is 7. The summed E-state index contributed by atoms with van der Waals surface area (Å²) in [5.74, 6) is 0.130. The molecule has 0 aromatic rings. The van der Waals surface area contributed by atoms with E-state index in [4.69, 9.17) is 5.11 Å². The van der Waals surface area contributed by atoms with Crippen LogP contribution in [0.3, 0.4) is 0 Å². The van der Waals surface area contributed by atoms with Gasteiger partial charge in [0.15, 0.2) is 0 Å². The Balaban J connectivity index is 0.00000400. The van der Waals surface area contributed by atoms with Gasteiger partial charge in [-0.1, -0.05) is 40.0 Å². The number of aliphatic carboxylic acids is 1. The molecule has 0 bridgehead atoms. The van der Waals surface area contributed by atoms with Crippen molar-refractivity contribution in [2.24, 2.45) is 11.8 Å². The van der Waals surface area contributed by atoms with Crippen molar-refractivity contribution in [1.82, 2.24) is 10.6 Å². The third-order valence-corrected chi connectivity index (χ3v) is 4.44. The minimum atomic E-state index is -0.890. The Labute approximate surface area is 133 Å². The maximum atomic E-state index is 11.9. The van der Waals surface area contributed by atoms with E-state index in [1.54, 1.807) is 0 Å². The molecule has 1 saturated carbocycles. The van der Waals surface area contributed by atoms with E-state index in [2.05, 4.69) is 24.5 Å². The monoisotopic (exact) mass is 320 g/mol. The first-order valence-corrected chi connectivity index (χ1v) is 7.71. The molecule has 3 N–H and O–H groups in total. The molecule has 0 saturated heterocycles. The fourth-order valence-electron chi connectivity index (χ4n) is 2.86. The number of carbonyl (C=O) groups excluding carboxylic acids is 1. The van der Waals surface area contributed by atoms with E-state index < -0.39 is 12.0 Å². The zero-order valence-electron chi connectivity index (χ0n) is 13.2. The van der Waals surface area contributed by atoms with Crippen LogP contribution >= 0.6 is 12.4 Å². The minimum absolute atomic E-state index is 0. The second kappa shape index (κ2) is 10.0. The molecule has 124 valence electrons. The zero-order valence-corrected chi connectivity index (χ0v) is 14.0. The summed E-state index contributed by atoms with van der Waals surface area (Å²) in [6, 6.07) is -0.407. The largest absolute Gasteiger partial charge is 0.480 e. The van der Waals surface area contributed by atoms with Gasteiger partial charge >= 0.3 is 5.97 Å². The van der Waals surface area contributed by atoms with Crippen molar-refractivity contribution in [3.8, 4) is 0 Å². The van der Waals surface area contributed by atoms with Crippen LogP contribution in [-0.4, -0.2) is 35.6 Å². The van der Waals surface area contributed by atoms with Gasteiger partial charge in [0.25, 0.3) is 0 Å². The number of nitrogens with one attached hydrogen (secondary N) is 2. The van der Waals surface area contributed by atoms with E-state index in [-0.39, 0.29) is 30.9 Å². The van der Waals surface area contributed by atoms with Crippen LogP contribution in [0.1, 0.15) is 52.9 Å². The van der Waals surface area contributed by atoms with E-state index in [1.807, 2.05) is 6.92 Å². The Morgan fingerprint density at radius 3 is 2.52 bits per heavy atom. The third kappa shape index (κ3) is 6.66. The molecule has 4 unspecified atom stereocenters. The van der Waals surface area contributed by atoms with Gasteiger partial charge in [-0.25, -0.2) is 0 Å². The number of hydrogen-bond acceptors (Lipinski definition) is 3. The molecule has 4 atom stereocenters. The van der Waals surface area contributed by atoms with Crippen LogP contribution in [0.2, 0.25) is 0 Å². The molecule has 0 spiro atoms. The number of amides is 1. The molecular weight excluding hydrogens is 292 g/mol. The predicted molar refractivity (Wildman–Crippen MR) is 85.7 cm³/mol. The maximum Gasteiger partial charge on any atom is 0.320 e. The Hall–Kier alpha value is -0.810. The maximum absolute atomic E-state index is 11.9. The molecule has 5 nitrogen and oxygen atoms in total. The highest BCUT2D eigenvalue weighted by atomic mass is 35.5. The molecule has 6 heteroatoms. The lowest BCUT2D eigenvalue weighted by Crippen LogP contribution is -2.49. The molecule has 1 rings (SSSR count). The van der Waals surface area contributed by atoms with Crippen molar-refractivity contribution < 1.29 is 14.7 Å². The first-order valence-electron chi connectivity index (χ1n) is 7.71. The summed E-state index contributed by atoms with van der Waals surface area (Å²) in [6.07, 6.45) is 4.72. The summed E-state index contributed by atoms with van der Waals surface area (Å²) in [6.45, 7) is 6.42. The van der Waals surface area contributed by atoms with Crippen LogP contribution in [0, 0.1) is 11.8 Å². The molecule has 1 fully saturated rings. The van der Waals surface area contributed by atoms with E-state index in [0.717, 1.165) is 19.3 Å². The summed E-state index contributed by atoms with van der Waals surface area (Å²) >= 11 is 0. The summed E-state index contributed by atoms with van der Waals surface area (Å²) < 4.78 is 0. The van der Waals surface area contributed by atoms with E-state index in [9.17, 15) is 9.59 Å². The Bertz CT molecular complexity index is 339. The van der Waals surface area contributed by atoms with Crippen LogP contribution in [0.25, 0.3) is 0 Å². The van der Waals surface area contributed by atoms with Crippen molar-refractivity contribution in [2.75, 3.05) is 6.54 Å². The first-order chi connectivity index (χ1) is 9.45. The molecule has 0 aliphatic heterocycles. The van der Waals surface area contributed by atoms with Gasteiger partial charge in [0.2, 0.25) is 5.91 Å². The highest BCUT2D eigenvalue weighted by molar-refractivity contribution is 5.85. The molecule has 0 radical (unpaired) electrons. The second-order valence-corrected chi connectivity index (χ2v) is 6.00. The average molecular weight is 321 g/mol. The number of halogens is 1. The Kier molecular flexibility index (Phi) is 9.62. The van der Waals surface area contributed by atoms with Gasteiger partial charge in [0, 0.05) is 6.04 Å². The quantitative estimate of drug-likeness (QED) is 0.672. The van der Waals surface area contributed by atoms with Crippen LogP contribution in [-0.2, 0) is 9.59 Å². The standard InChI is InChI=1S/C15H28N2O3.ClH/c1-4-6-13(15(19)20)16-9-14(18)17-12-8-5-7-10(2)11(12)3;/h10-13,16H,4-9H2,1-3H3,(H,17,18)(H,19,20);1H. The summed E-state index contributed by atoms with van der Waals surface area (Å²) in [5, 5.41) is 14.9. The van der Waals surface area contributed by atoms with Crippen LogP contribution in [0.4, 0.5) is 0 Å². The third-order valence-electron chi connectivity index (χ3n) is 4.44. The van der Waals surface area contributed by atoms with Crippen LogP contribution in [0.15, 0.2) is 0 Å². The number of carbonyl (C=O) groups is 2. The van der Waals surface area contributed by atoms with Gasteiger partial charge in [-0.15, -0.1) is 12.4 Å². The van der Waals surface area contributed by atoms with E-state index in [1.165, 1.54) is 6.42 Å². The molecular formula is C15H29ClN2O3.